The highest BCUT2D eigenvalue weighted by atomic mass is 16.5. The zero-order valence-corrected chi connectivity index (χ0v) is 24.3. The normalized spacial score (nSPS) is 24.0. The third kappa shape index (κ3) is 6.45. The molecular weight excluding hydrogens is 534 g/mol. The highest BCUT2D eigenvalue weighted by Crippen LogP contribution is 2.51. The van der Waals surface area contributed by atoms with E-state index in [1.54, 1.807) is 6.07 Å². The van der Waals surface area contributed by atoms with Gasteiger partial charge in [-0.3, -0.25) is 19.3 Å². The van der Waals surface area contributed by atoms with Crippen LogP contribution in [0.25, 0.3) is 11.6 Å². The van der Waals surface area contributed by atoms with Gasteiger partial charge in [-0.25, -0.2) is 0 Å². The minimum atomic E-state index is -0.824. The van der Waals surface area contributed by atoms with E-state index in [0.717, 1.165) is 36.8 Å². The molecule has 2 N–H and O–H groups in total. The molecule has 0 unspecified atom stereocenters. The van der Waals surface area contributed by atoms with Crippen LogP contribution in [0.15, 0.2) is 58.0 Å². The lowest BCUT2D eigenvalue weighted by molar-refractivity contribution is -0.141. The number of aliphatic hydroxyl groups excluding tert-OH is 1. The number of likely N-dealkylation sites (tertiary alicyclic amines) is 1. The van der Waals surface area contributed by atoms with E-state index < -0.39 is 5.97 Å². The Balaban J connectivity index is 1.32. The van der Waals surface area contributed by atoms with Crippen LogP contribution in [0.5, 0.6) is 0 Å². The minimum absolute atomic E-state index is 0.0747. The molecule has 3 aliphatic rings. The zero-order chi connectivity index (χ0) is 29.6. The van der Waals surface area contributed by atoms with Gasteiger partial charge in [-0.1, -0.05) is 55.7 Å². The summed E-state index contributed by atoms with van der Waals surface area (Å²) in [7, 11) is 0. The number of hydrogen-bond acceptors (Lipinski definition) is 6. The Morgan fingerprint density at radius 2 is 1.83 bits per heavy atom. The predicted molar refractivity (Wildman–Crippen MR) is 158 cm³/mol. The van der Waals surface area contributed by atoms with Crippen LogP contribution in [-0.2, 0) is 25.7 Å². The monoisotopic (exact) mass is 575 g/mol. The fraction of sp³-hybridized carbons (Fsp3) is 0.500. The van der Waals surface area contributed by atoms with Gasteiger partial charge >= 0.3 is 5.97 Å². The van der Waals surface area contributed by atoms with Crippen molar-refractivity contribution in [2.45, 2.75) is 77.4 Å². The molecule has 0 spiro atoms. The van der Waals surface area contributed by atoms with Crippen molar-refractivity contribution >= 4 is 29.4 Å². The number of carbonyl (C=O) groups excluding carboxylic acids is 2. The van der Waals surface area contributed by atoms with Gasteiger partial charge in [-0.05, 0) is 73.4 Å². The second-order valence-corrected chi connectivity index (χ2v) is 11.6. The lowest BCUT2D eigenvalue weighted by Gasteiger charge is -2.32. The van der Waals surface area contributed by atoms with E-state index in [9.17, 15) is 19.5 Å². The summed E-state index contributed by atoms with van der Waals surface area (Å²) in [6, 6.07) is 13.8. The largest absolute Gasteiger partial charge is 0.481 e. The van der Waals surface area contributed by atoms with Crippen LogP contribution in [0.4, 0.5) is 0 Å². The molecular formula is C34H41NO7. The summed E-state index contributed by atoms with van der Waals surface area (Å²) in [4.78, 5) is 39.3. The number of aliphatic hydroxyl groups is 1. The second kappa shape index (κ2) is 13.7. The Labute approximate surface area is 247 Å². The average molecular weight is 576 g/mol. The number of carbonyl (C=O) groups is 3. The molecule has 42 heavy (non-hydrogen) atoms. The number of amides is 2. The number of unbranched alkanes of at least 4 members (excludes halogenated alkanes) is 2. The van der Waals surface area contributed by atoms with Gasteiger partial charge in [-0.2, -0.15) is 0 Å². The number of hydrogen-bond donors (Lipinski definition) is 2. The number of nitrogens with zero attached hydrogens (tertiary/aromatic N) is 1. The average Bonchev–Trinajstić information content (AvgIpc) is 3.69. The first-order valence-corrected chi connectivity index (χ1v) is 15.3. The summed E-state index contributed by atoms with van der Waals surface area (Å²) in [5.41, 5.74) is 4.71. The first-order valence-electron chi connectivity index (χ1n) is 15.3. The van der Waals surface area contributed by atoms with Crippen LogP contribution in [0, 0.1) is 17.8 Å². The molecule has 4 atom stereocenters. The van der Waals surface area contributed by atoms with Crippen LogP contribution in [-0.4, -0.2) is 52.2 Å². The smallest absolute Gasteiger partial charge is 0.303 e. The van der Waals surface area contributed by atoms with Gasteiger partial charge in [0.15, 0.2) is 0 Å². The van der Waals surface area contributed by atoms with Gasteiger partial charge in [0.05, 0.1) is 24.5 Å². The van der Waals surface area contributed by atoms with E-state index in [2.05, 4.69) is 19.1 Å². The quantitative estimate of drug-likeness (QED) is 0.165. The Hall–Kier alpha value is -3.49. The molecule has 0 bridgehead atoms. The lowest BCUT2D eigenvalue weighted by atomic mass is 9.68. The molecule has 0 radical (unpaired) electrons. The molecule has 8 nitrogen and oxygen atoms in total. The molecule has 2 aliphatic heterocycles. The molecule has 2 amide bonds. The Bertz CT molecular complexity index is 1340. The molecule has 2 aromatic rings. The molecule has 3 heterocycles. The van der Waals surface area contributed by atoms with E-state index in [0.29, 0.717) is 50.4 Å². The van der Waals surface area contributed by atoms with Gasteiger partial charge in [0, 0.05) is 18.9 Å². The Morgan fingerprint density at radius 3 is 2.55 bits per heavy atom. The van der Waals surface area contributed by atoms with Crippen LogP contribution in [0.1, 0.15) is 81.8 Å². The molecule has 1 aromatic carbocycles. The second-order valence-electron chi connectivity index (χ2n) is 11.6. The van der Waals surface area contributed by atoms with Crippen molar-refractivity contribution < 1.29 is 33.8 Å². The Kier molecular flexibility index (Phi) is 9.75. The van der Waals surface area contributed by atoms with Crippen molar-refractivity contribution in [3.63, 3.8) is 0 Å². The molecule has 2 fully saturated rings. The third-order valence-electron chi connectivity index (χ3n) is 8.90. The SMILES string of the molecule is CCCC1=C2[C@@H](CC/C(=C/c3ccc(CO)o3)c3ccccc3)OC[C@@H]2[C@@H]2C(=O)N(CCCCCC(=O)O)C(=O)[C@@H]2C1. The predicted octanol–water partition coefficient (Wildman–Crippen LogP) is 5.85. The van der Waals surface area contributed by atoms with Gasteiger partial charge in [-0.15, -0.1) is 0 Å². The number of allylic oxidation sites excluding steroid dienone is 2. The molecule has 8 heteroatoms. The summed E-state index contributed by atoms with van der Waals surface area (Å²) in [6.07, 6.45) is 7.82. The van der Waals surface area contributed by atoms with Crippen LogP contribution in [0.3, 0.4) is 0 Å². The lowest BCUT2D eigenvalue weighted by Crippen LogP contribution is -2.34. The number of ether oxygens (including phenoxy) is 1. The first-order chi connectivity index (χ1) is 20.4. The topological polar surface area (TPSA) is 117 Å². The van der Waals surface area contributed by atoms with E-state index >= 15 is 0 Å². The molecule has 1 aliphatic carbocycles. The standard InChI is InChI=1S/C34H41NO7/c1-2-9-24-19-27-32(34(40)35(33(27)39)17-8-4-7-12-30(37)38)28-21-41-29(31(24)28)16-13-23(22-10-5-3-6-11-22)18-25-14-15-26(20-36)42-25/h3,5-6,10-11,14-15,18,27-29,32,36H,2,4,7-9,12-13,16-17,19-21H2,1H3,(H,37,38)/b23-18-/t27-,28+,29-,32-/m1/s1. The number of aliphatic carboxylic acids is 1. The summed E-state index contributed by atoms with van der Waals surface area (Å²) in [5, 5.41) is 18.3. The number of carboxylic acids is 1. The zero-order valence-electron chi connectivity index (χ0n) is 24.3. The van der Waals surface area contributed by atoms with Crippen LogP contribution < -0.4 is 0 Å². The number of fused-ring (bicyclic) bond motifs is 3. The van der Waals surface area contributed by atoms with E-state index in [-0.39, 0.29) is 48.7 Å². The summed E-state index contributed by atoms with van der Waals surface area (Å²) >= 11 is 0. The van der Waals surface area contributed by atoms with Gasteiger partial charge < -0.3 is 19.4 Å². The molecule has 1 aromatic heterocycles. The van der Waals surface area contributed by atoms with Crippen molar-refractivity contribution in [2.75, 3.05) is 13.2 Å². The van der Waals surface area contributed by atoms with Crippen molar-refractivity contribution in [3.05, 3.63) is 70.7 Å². The summed E-state index contributed by atoms with van der Waals surface area (Å²) in [6.45, 7) is 2.80. The highest BCUT2D eigenvalue weighted by molar-refractivity contribution is 6.06. The molecule has 2 saturated heterocycles. The van der Waals surface area contributed by atoms with Crippen molar-refractivity contribution in [2.24, 2.45) is 17.8 Å². The minimum Gasteiger partial charge on any atom is -0.481 e. The fourth-order valence-corrected chi connectivity index (χ4v) is 6.99. The maximum Gasteiger partial charge on any atom is 0.303 e. The van der Waals surface area contributed by atoms with Gasteiger partial charge in [0.2, 0.25) is 11.8 Å². The van der Waals surface area contributed by atoms with Gasteiger partial charge in [0.1, 0.15) is 18.1 Å². The fourth-order valence-electron chi connectivity index (χ4n) is 6.99. The highest BCUT2D eigenvalue weighted by Gasteiger charge is 2.56. The van der Waals surface area contributed by atoms with Gasteiger partial charge in [0.25, 0.3) is 0 Å². The van der Waals surface area contributed by atoms with Crippen molar-refractivity contribution in [1.82, 2.24) is 4.90 Å². The third-order valence-corrected chi connectivity index (χ3v) is 8.90. The number of imide groups is 1. The van der Waals surface area contributed by atoms with Crippen LogP contribution in [0.2, 0.25) is 0 Å². The van der Waals surface area contributed by atoms with E-state index in [1.807, 2.05) is 30.3 Å². The molecule has 0 saturated carbocycles. The maximum atomic E-state index is 13.6. The van der Waals surface area contributed by atoms with Crippen molar-refractivity contribution in [3.8, 4) is 0 Å². The number of rotatable bonds is 14. The van der Waals surface area contributed by atoms with Crippen molar-refractivity contribution in [1.29, 1.82) is 0 Å². The number of carboxylic acid groups (broad SMARTS) is 1. The van der Waals surface area contributed by atoms with E-state index in [4.69, 9.17) is 14.3 Å². The summed E-state index contributed by atoms with van der Waals surface area (Å²) < 4.78 is 12.2. The number of benzene rings is 1. The van der Waals surface area contributed by atoms with Crippen LogP contribution >= 0.6 is 0 Å². The first kappa shape index (κ1) is 30.0. The number of furan rings is 1. The van der Waals surface area contributed by atoms with E-state index in [1.165, 1.54) is 16.0 Å². The molecule has 224 valence electrons. The Morgan fingerprint density at radius 1 is 1.02 bits per heavy atom. The maximum absolute atomic E-state index is 13.6. The molecule has 5 rings (SSSR count). The summed E-state index contributed by atoms with van der Waals surface area (Å²) in [5.74, 6) is -0.558.